The molecule has 0 spiro atoms. The Balaban J connectivity index is 1.89. The highest BCUT2D eigenvalue weighted by atomic mass is 32.1. The van der Waals surface area contributed by atoms with Crippen molar-refractivity contribution in [3.05, 3.63) is 22.4 Å². The predicted molar refractivity (Wildman–Crippen MR) is 82.5 cm³/mol. The highest BCUT2D eigenvalue weighted by Crippen LogP contribution is 2.52. The Morgan fingerprint density at radius 3 is 2.75 bits per heavy atom. The van der Waals surface area contributed by atoms with E-state index in [9.17, 15) is 4.79 Å². The van der Waals surface area contributed by atoms with Crippen molar-refractivity contribution < 1.29 is 4.79 Å². The lowest BCUT2D eigenvalue weighted by atomic mass is 9.99. The van der Waals surface area contributed by atoms with Crippen LogP contribution in [0.25, 0.3) is 0 Å². The fraction of sp³-hybridized carbons (Fsp3) is 0.688. The first kappa shape index (κ1) is 14.1. The first-order valence-electron chi connectivity index (χ1n) is 7.56. The topological polar surface area (TPSA) is 32.3 Å². The Hall–Kier alpha value is -0.870. The van der Waals surface area contributed by atoms with Crippen LogP contribution < -0.4 is 5.32 Å². The second-order valence-corrected chi connectivity index (χ2v) is 7.72. The Kier molecular flexibility index (Phi) is 3.41. The zero-order chi connectivity index (χ0) is 14.5. The van der Waals surface area contributed by atoms with Gasteiger partial charge in [-0.25, -0.2) is 0 Å². The smallest absolute Gasteiger partial charge is 0.241 e. The van der Waals surface area contributed by atoms with Gasteiger partial charge in [-0.15, -0.1) is 0 Å². The molecule has 1 saturated carbocycles. The Bertz CT molecular complexity index is 497. The first-order chi connectivity index (χ1) is 9.45. The molecule has 1 aliphatic heterocycles. The molecule has 4 heteroatoms. The van der Waals surface area contributed by atoms with Crippen LogP contribution in [0.1, 0.15) is 52.3 Å². The van der Waals surface area contributed by atoms with Crippen molar-refractivity contribution in [2.24, 2.45) is 11.3 Å². The molecule has 3 rings (SSSR count). The number of nitrogens with one attached hydrogen (secondary N) is 1. The maximum absolute atomic E-state index is 12.8. The summed E-state index contributed by atoms with van der Waals surface area (Å²) in [6, 6.07) is 2.50. The molecule has 2 aliphatic rings. The lowest BCUT2D eigenvalue weighted by molar-refractivity contribution is -0.132. The van der Waals surface area contributed by atoms with Gasteiger partial charge in [0.15, 0.2) is 0 Å². The summed E-state index contributed by atoms with van der Waals surface area (Å²) in [6.07, 6.45) is 2.22. The van der Waals surface area contributed by atoms with Gasteiger partial charge in [-0.05, 0) is 40.1 Å². The van der Waals surface area contributed by atoms with Crippen LogP contribution in [0, 0.1) is 11.3 Å². The second-order valence-electron chi connectivity index (χ2n) is 6.94. The Morgan fingerprint density at radius 2 is 2.25 bits per heavy atom. The number of carbonyl (C=O) groups is 1. The summed E-state index contributed by atoms with van der Waals surface area (Å²) in [5.41, 5.74) is 1.51. The summed E-state index contributed by atoms with van der Waals surface area (Å²) in [5.74, 6) is 0.682. The number of hydrogen-bond donors (Lipinski definition) is 1. The van der Waals surface area contributed by atoms with E-state index in [1.54, 1.807) is 11.3 Å². The summed E-state index contributed by atoms with van der Waals surface area (Å²) < 4.78 is 0. The number of rotatable bonds is 4. The molecule has 1 aliphatic carbocycles. The summed E-state index contributed by atoms with van der Waals surface area (Å²) in [4.78, 5) is 15.0. The largest absolute Gasteiger partial charge is 0.318 e. The maximum Gasteiger partial charge on any atom is 0.241 e. The van der Waals surface area contributed by atoms with Gasteiger partial charge in [-0.1, -0.05) is 34.1 Å². The Labute approximate surface area is 125 Å². The van der Waals surface area contributed by atoms with Crippen LogP contribution >= 0.6 is 11.3 Å². The molecule has 0 bridgehead atoms. The molecule has 20 heavy (non-hydrogen) atoms. The van der Waals surface area contributed by atoms with Gasteiger partial charge in [0.2, 0.25) is 5.91 Å². The minimum atomic E-state index is -0.0266. The maximum atomic E-state index is 12.8. The average Bonchev–Trinajstić information content (AvgIpc) is 2.84. The van der Waals surface area contributed by atoms with E-state index in [1.807, 2.05) is 0 Å². The lowest BCUT2D eigenvalue weighted by Crippen LogP contribution is -2.37. The normalized spacial score (nSPS) is 33.5. The standard InChI is InChI=1S/C16H24N2OS/c1-5-10(2)13-15(19)18(12-8-16(12,3)4)14(17-13)11-6-7-20-9-11/h6-7,9-10,12-14,17H,5,8H2,1-4H3. The molecule has 0 aromatic carbocycles. The third-order valence-corrected chi connectivity index (χ3v) is 5.71. The van der Waals surface area contributed by atoms with Gasteiger partial charge in [0.25, 0.3) is 0 Å². The van der Waals surface area contributed by atoms with Crippen LogP contribution in [-0.2, 0) is 4.79 Å². The van der Waals surface area contributed by atoms with Gasteiger partial charge in [-0.2, -0.15) is 11.3 Å². The van der Waals surface area contributed by atoms with Crippen molar-refractivity contribution in [3.63, 3.8) is 0 Å². The van der Waals surface area contributed by atoms with E-state index in [-0.39, 0.29) is 17.6 Å². The number of carbonyl (C=O) groups excluding carboxylic acids is 1. The molecule has 1 aromatic heterocycles. The number of thiophene rings is 1. The zero-order valence-electron chi connectivity index (χ0n) is 12.7. The molecular formula is C16H24N2OS. The van der Waals surface area contributed by atoms with E-state index >= 15 is 0 Å². The van der Waals surface area contributed by atoms with Crippen LogP contribution in [0.5, 0.6) is 0 Å². The van der Waals surface area contributed by atoms with Crippen molar-refractivity contribution in [1.82, 2.24) is 10.2 Å². The fourth-order valence-corrected chi connectivity index (χ4v) is 3.87. The number of nitrogens with zero attached hydrogens (tertiary/aromatic N) is 1. The van der Waals surface area contributed by atoms with Gasteiger partial charge in [-0.3, -0.25) is 10.1 Å². The second kappa shape index (κ2) is 4.85. The lowest BCUT2D eigenvalue weighted by Gasteiger charge is -2.25. The van der Waals surface area contributed by atoms with Crippen molar-refractivity contribution in [2.45, 2.75) is 58.8 Å². The van der Waals surface area contributed by atoms with E-state index in [4.69, 9.17) is 0 Å². The SMILES string of the molecule is CCC(C)C1NC(c2ccsc2)N(C2CC2(C)C)C1=O. The van der Waals surface area contributed by atoms with Crippen molar-refractivity contribution in [1.29, 1.82) is 0 Å². The van der Waals surface area contributed by atoms with E-state index in [2.05, 4.69) is 54.7 Å². The van der Waals surface area contributed by atoms with Crippen LogP contribution in [0.2, 0.25) is 0 Å². The first-order valence-corrected chi connectivity index (χ1v) is 8.50. The molecule has 1 saturated heterocycles. The average molecular weight is 292 g/mol. The van der Waals surface area contributed by atoms with Crippen molar-refractivity contribution >= 4 is 17.2 Å². The molecule has 3 nitrogen and oxygen atoms in total. The number of hydrogen-bond acceptors (Lipinski definition) is 3. The van der Waals surface area contributed by atoms with Crippen molar-refractivity contribution in [2.75, 3.05) is 0 Å². The van der Waals surface area contributed by atoms with Gasteiger partial charge >= 0.3 is 0 Å². The minimum absolute atomic E-state index is 0.0266. The van der Waals surface area contributed by atoms with Gasteiger partial charge in [0.05, 0.1) is 6.04 Å². The monoisotopic (exact) mass is 292 g/mol. The van der Waals surface area contributed by atoms with E-state index in [0.29, 0.717) is 17.9 Å². The van der Waals surface area contributed by atoms with Crippen molar-refractivity contribution in [3.8, 4) is 0 Å². The third kappa shape index (κ3) is 2.19. The predicted octanol–water partition coefficient (Wildman–Crippen LogP) is 3.39. The van der Waals surface area contributed by atoms with E-state index in [0.717, 1.165) is 12.8 Å². The molecule has 4 unspecified atom stereocenters. The summed E-state index contributed by atoms with van der Waals surface area (Å²) >= 11 is 1.70. The number of amides is 1. The third-order valence-electron chi connectivity index (χ3n) is 5.01. The highest BCUT2D eigenvalue weighted by Gasteiger charge is 2.57. The summed E-state index contributed by atoms with van der Waals surface area (Å²) in [7, 11) is 0. The van der Waals surface area contributed by atoms with Gasteiger partial charge < -0.3 is 4.90 Å². The quantitative estimate of drug-likeness (QED) is 0.922. The molecule has 1 aromatic rings. The molecule has 1 amide bonds. The summed E-state index contributed by atoms with van der Waals surface area (Å²) in [6.45, 7) is 8.84. The molecular weight excluding hydrogens is 268 g/mol. The molecule has 2 heterocycles. The Morgan fingerprint density at radius 1 is 1.55 bits per heavy atom. The van der Waals surface area contributed by atoms with Crippen LogP contribution in [-0.4, -0.2) is 22.9 Å². The van der Waals surface area contributed by atoms with E-state index < -0.39 is 0 Å². The van der Waals surface area contributed by atoms with Gasteiger partial charge in [0, 0.05) is 6.04 Å². The minimum Gasteiger partial charge on any atom is -0.318 e. The van der Waals surface area contributed by atoms with Gasteiger partial charge in [0.1, 0.15) is 6.17 Å². The van der Waals surface area contributed by atoms with Crippen LogP contribution in [0.4, 0.5) is 0 Å². The van der Waals surface area contributed by atoms with Crippen LogP contribution in [0.15, 0.2) is 16.8 Å². The van der Waals surface area contributed by atoms with E-state index in [1.165, 1.54) is 5.56 Å². The fourth-order valence-electron chi connectivity index (χ4n) is 3.19. The highest BCUT2D eigenvalue weighted by molar-refractivity contribution is 7.07. The summed E-state index contributed by atoms with van der Waals surface area (Å²) in [5, 5.41) is 7.84. The molecule has 2 fully saturated rings. The molecule has 110 valence electrons. The molecule has 1 N–H and O–H groups in total. The molecule has 0 radical (unpaired) electrons. The molecule has 4 atom stereocenters. The van der Waals surface area contributed by atoms with Crippen LogP contribution in [0.3, 0.4) is 0 Å². The zero-order valence-corrected chi connectivity index (χ0v) is 13.5.